The van der Waals surface area contributed by atoms with Crippen LogP contribution in [0.5, 0.6) is 0 Å². The van der Waals surface area contributed by atoms with Crippen molar-refractivity contribution in [1.29, 1.82) is 0 Å². The van der Waals surface area contributed by atoms with E-state index in [2.05, 4.69) is 57.1 Å². The van der Waals surface area contributed by atoms with E-state index < -0.39 is 0 Å². The molecule has 0 bridgehead atoms. The summed E-state index contributed by atoms with van der Waals surface area (Å²) in [5.74, 6) is 0.903. The van der Waals surface area contributed by atoms with Crippen molar-refractivity contribution in [2.75, 3.05) is 46.5 Å². The number of nitrogens with zero attached hydrogens (tertiary/aromatic N) is 2. The number of morpholine rings is 1. The maximum absolute atomic E-state index is 5.74. The smallest absolute Gasteiger partial charge is 0.191 e. The van der Waals surface area contributed by atoms with E-state index in [0.717, 1.165) is 51.8 Å². The van der Waals surface area contributed by atoms with Gasteiger partial charge in [-0.2, -0.15) is 0 Å². The molecule has 0 aromatic heterocycles. The van der Waals surface area contributed by atoms with Crippen LogP contribution in [0.3, 0.4) is 0 Å². The predicted octanol–water partition coefficient (Wildman–Crippen LogP) is 2.47. The molecule has 154 valence electrons. The number of halogens is 1. The summed E-state index contributed by atoms with van der Waals surface area (Å²) in [5.41, 5.74) is 0.0229. The minimum atomic E-state index is -0.0743. The average Bonchev–Trinajstić information content (AvgIpc) is 2.59. The molecule has 0 aromatic carbocycles. The Hall–Kier alpha value is -0.120. The highest BCUT2D eigenvalue weighted by Crippen LogP contribution is 2.51. The molecule has 1 saturated carbocycles. The van der Waals surface area contributed by atoms with Gasteiger partial charge in [0.05, 0.1) is 25.4 Å². The number of methoxy groups -OCH3 is 1. The average molecular weight is 482 g/mol. The molecule has 2 atom stereocenters. The van der Waals surface area contributed by atoms with E-state index in [1.165, 1.54) is 0 Å². The maximum Gasteiger partial charge on any atom is 0.191 e. The lowest BCUT2D eigenvalue weighted by Crippen LogP contribution is -2.69. The molecular weight excluding hydrogens is 443 g/mol. The van der Waals surface area contributed by atoms with Crippen molar-refractivity contribution in [2.24, 2.45) is 10.4 Å². The largest absolute Gasteiger partial charge is 0.379 e. The minimum Gasteiger partial charge on any atom is -0.379 e. The summed E-state index contributed by atoms with van der Waals surface area (Å²) in [6.45, 7) is 18.6. The number of aliphatic imine (C=N–C) groups is 1. The minimum absolute atomic E-state index is 0. The quantitative estimate of drug-likeness (QED) is 0.346. The van der Waals surface area contributed by atoms with Crippen LogP contribution < -0.4 is 10.6 Å². The van der Waals surface area contributed by atoms with Crippen molar-refractivity contribution in [2.45, 2.75) is 65.1 Å². The van der Waals surface area contributed by atoms with Gasteiger partial charge in [-0.25, -0.2) is 0 Å². The second-order valence-electron chi connectivity index (χ2n) is 8.66. The van der Waals surface area contributed by atoms with E-state index in [0.29, 0.717) is 6.04 Å². The summed E-state index contributed by atoms with van der Waals surface area (Å²) >= 11 is 0. The molecular formula is C19H39IN4O2. The number of hydrogen-bond acceptors (Lipinski definition) is 4. The molecule has 2 N–H and O–H groups in total. The summed E-state index contributed by atoms with van der Waals surface area (Å²) in [7, 11) is 1.81. The van der Waals surface area contributed by atoms with Gasteiger partial charge in [0.25, 0.3) is 0 Å². The van der Waals surface area contributed by atoms with Crippen LogP contribution in [0, 0.1) is 5.41 Å². The molecule has 0 spiro atoms. The molecule has 0 radical (unpaired) electrons. The maximum atomic E-state index is 5.74. The van der Waals surface area contributed by atoms with E-state index in [4.69, 9.17) is 14.5 Å². The fourth-order valence-corrected chi connectivity index (χ4v) is 3.75. The van der Waals surface area contributed by atoms with E-state index in [9.17, 15) is 0 Å². The normalized spacial score (nSPS) is 29.5. The Labute approximate surface area is 176 Å². The van der Waals surface area contributed by atoms with Crippen molar-refractivity contribution in [3.8, 4) is 0 Å². The van der Waals surface area contributed by atoms with Crippen molar-refractivity contribution in [3.63, 3.8) is 0 Å². The van der Waals surface area contributed by atoms with Crippen LogP contribution in [-0.4, -0.2) is 74.5 Å². The summed E-state index contributed by atoms with van der Waals surface area (Å²) in [6, 6.07) is 0.363. The second-order valence-corrected chi connectivity index (χ2v) is 8.66. The van der Waals surface area contributed by atoms with Gasteiger partial charge in [-0.3, -0.25) is 9.89 Å². The summed E-state index contributed by atoms with van der Waals surface area (Å²) in [5, 5.41) is 7.02. The Kier molecular flexibility index (Phi) is 8.63. The number of guanidine groups is 1. The standard InChI is InChI=1S/C19H38N4O2.HI/c1-8-20-16(22-15-13-19(6,24-7)18(15,4)5)21-14-17(2,3)23-9-11-25-12-10-23;/h15H,8-14H2,1-7H3,(H2,20,21,22);1H. The van der Waals surface area contributed by atoms with Gasteiger partial charge >= 0.3 is 0 Å². The molecule has 1 saturated heterocycles. The predicted molar refractivity (Wildman–Crippen MR) is 119 cm³/mol. The second kappa shape index (κ2) is 9.39. The topological polar surface area (TPSA) is 58.1 Å². The van der Waals surface area contributed by atoms with Crippen LogP contribution in [-0.2, 0) is 9.47 Å². The van der Waals surface area contributed by atoms with Crippen LogP contribution in [0.25, 0.3) is 0 Å². The molecule has 2 rings (SSSR count). The van der Waals surface area contributed by atoms with Crippen LogP contribution in [0.1, 0.15) is 48.0 Å². The SMILES string of the molecule is CCNC(=NCC(C)(C)N1CCOCC1)NC1CC(C)(OC)C1(C)C.I. The van der Waals surface area contributed by atoms with E-state index in [1.807, 2.05) is 7.11 Å². The van der Waals surface area contributed by atoms with Crippen LogP contribution >= 0.6 is 24.0 Å². The first-order valence-corrected chi connectivity index (χ1v) is 9.59. The molecule has 6 nitrogen and oxygen atoms in total. The Morgan fingerprint density at radius 3 is 2.38 bits per heavy atom. The molecule has 2 unspecified atom stereocenters. The molecule has 1 heterocycles. The van der Waals surface area contributed by atoms with Gasteiger partial charge in [-0.1, -0.05) is 13.8 Å². The summed E-state index contributed by atoms with van der Waals surface area (Å²) in [4.78, 5) is 7.36. The zero-order valence-electron chi connectivity index (χ0n) is 17.6. The van der Waals surface area contributed by atoms with Crippen molar-refractivity contribution < 1.29 is 9.47 Å². The van der Waals surface area contributed by atoms with Gasteiger partial charge in [-0.05, 0) is 34.1 Å². The number of nitrogens with one attached hydrogen (secondary N) is 2. The highest BCUT2D eigenvalue weighted by atomic mass is 127. The van der Waals surface area contributed by atoms with E-state index >= 15 is 0 Å². The summed E-state index contributed by atoms with van der Waals surface area (Å²) < 4.78 is 11.2. The van der Waals surface area contributed by atoms with Crippen molar-refractivity contribution in [1.82, 2.24) is 15.5 Å². The highest BCUT2D eigenvalue weighted by molar-refractivity contribution is 14.0. The number of hydrogen-bond donors (Lipinski definition) is 2. The molecule has 2 fully saturated rings. The third-order valence-electron chi connectivity index (χ3n) is 6.42. The lowest BCUT2D eigenvalue weighted by Gasteiger charge is -2.59. The molecule has 0 amide bonds. The lowest BCUT2D eigenvalue weighted by atomic mass is 9.56. The van der Waals surface area contributed by atoms with Gasteiger partial charge in [0, 0.05) is 43.7 Å². The molecule has 1 aliphatic carbocycles. The highest BCUT2D eigenvalue weighted by Gasteiger charge is 2.58. The van der Waals surface area contributed by atoms with Crippen LogP contribution in [0.15, 0.2) is 4.99 Å². The van der Waals surface area contributed by atoms with Crippen LogP contribution in [0.4, 0.5) is 0 Å². The van der Waals surface area contributed by atoms with Gasteiger partial charge in [0.2, 0.25) is 0 Å². The molecule has 2 aliphatic rings. The monoisotopic (exact) mass is 482 g/mol. The lowest BCUT2D eigenvalue weighted by molar-refractivity contribution is -0.176. The third-order valence-corrected chi connectivity index (χ3v) is 6.42. The zero-order chi connectivity index (χ0) is 18.7. The number of ether oxygens (including phenoxy) is 2. The number of rotatable bonds is 6. The summed E-state index contributed by atoms with van der Waals surface area (Å²) in [6.07, 6.45) is 0.994. The first-order chi connectivity index (χ1) is 11.7. The Bertz CT molecular complexity index is 478. The Morgan fingerprint density at radius 1 is 1.27 bits per heavy atom. The third kappa shape index (κ3) is 5.02. The first kappa shape index (κ1) is 23.9. The fraction of sp³-hybridized carbons (Fsp3) is 0.947. The van der Waals surface area contributed by atoms with Gasteiger partial charge in [-0.15, -0.1) is 24.0 Å². The van der Waals surface area contributed by atoms with E-state index in [1.54, 1.807) is 0 Å². The first-order valence-electron chi connectivity index (χ1n) is 9.59. The zero-order valence-corrected chi connectivity index (χ0v) is 20.0. The van der Waals surface area contributed by atoms with Gasteiger partial charge in [0.15, 0.2) is 5.96 Å². The van der Waals surface area contributed by atoms with Gasteiger partial charge < -0.3 is 20.1 Å². The van der Waals surface area contributed by atoms with Crippen LogP contribution in [0.2, 0.25) is 0 Å². The fourth-order valence-electron chi connectivity index (χ4n) is 3.75. The molecule has 1 aliphatic heterocycles. The van der Waals surface area contributed by atoms with Gasteiger partial charge in [0.1, 0.15) is 0 Å². The molecule has 0 aromatic rings. The Balaban J connectivity index is 0.00000338. The van der Waals surface area contributed by atoms with Crippen molar-refractivity contribution in [3.05, 3.63) is 0 Å². The van der Waals surface area contributed by atoms with E-state index in [-0.39, 0.29) is 40.5 Å². The Morgan fingerprint density at radius 2 is 1.88 bits per heavy atom. The van der Waals surface area contributed by atoms with Crippen molar-refractivity contribution >= 4 is 29.9 Å². The molecule has 26 heavy (non-hydrogen) atoms. The molecule has 7 heteroatoms.